The van der Waals surface area contributed by atoms with Gasteiger partial charge in [-0.05, 0) is 49.7 Å². The standard InChI is InChI=1S/C17H16FN3O2/c1-10-11(2)20-16-14(10)7-8-19-15(16)9-21(17(22)23)13-5-3-12(18)4-6-13/h3-8,20H,9H2,1-2H3,(H,22,23). The van der Waals surface area contributed by atoms with Gasteiger partial charge in [0.15, 0.2) is 0 Å². The molecule has 0 bridgehead atoms. The highest BCUT2D eigenvalue weighted by Gasteiger charge is 2.18. The number of carboxylic acid groups (broad SMARTS) is 1. The molecule has 3 aromatic rings. The molecule has 1 amide bonds. The molecule has 2 N–H and O–H groups in total. The molecule has 0 aliphatic carbocycles. The van der Waals surface area contributed by atoms with Crippen molar-refractivity contribution in [1.29, 1.82) is 0 Å². The Labute approximate surface area is 132 Å². The molecule has 0 spiro atoms. The van der Waals surface area contributed by atoms with E-state index in [1.807, 2.05) is 19.9 Å². The summed E-state index contributed by atoms with van der Waals surface area (Å²) in [5, 5.41) is 10.5. The zero-order valence-electron chi connectivity index (χ0n) is 12.8. The van der Waals surface area contributed by atoms with Gasteiger partial charge >= 0.3 is 6.09 Å². The number of nitrogens with one attached hydrogen (secondary N) is 1. The third kappa shape index (κ3) is 2.75. The van der Waals surface area contributed by atoms with Crippen LogP contribution in [-0.4, -0.2) is 21.2 Å². The van der Waals surface area contributed by atoms with Crippen molar-refractivity contribution in [1.82, 2.24) is 9.97 Å². The van der Waals surface area contributed by atoms with Crippen molar-refractivity contribution in [3.05, 3.63) is 59.3 Å². The van der Waals surface area contributed by atoms with E-state index in [0.29, 0.717) is 11.4 Å². The predicted molar refractivity (Wildman–Crippen MR) is 86.2 cm³/mol. The number of benzene rings is 1. The van der Waals surface area contributed by atoms with Gasteiger partial charge < -0.3 is 10.1 Å². The van der Waals surface area contributed by atoms with E-state index in [-0.39, 0.29) is 6.54 Å². The Kier molecular flexibility index (Phi) is 3.73. The number of nitrogens with zero attached hydrogens (tertiary/aromatic N) is 2. The van der Waals surface area contributed by atoms with E-state index in [1.165, 1.54) is 24.3 Å². The lowest BCUT2D eigenvalue weighted by Gasteiger charge is -2.19. The van der Waals surface area contributed by atoms with E-state index in [4.69, 9.17) is 0 Å². The van der Waals surface area contributed by atoms with Crippen LogP contribution >= 0.6 is 0 Å². The van der Waals surface area contributed by atoms with Gasteiger partial charge in [0, 0.05) is 23.0 Å². The van der Waals surface area contributed by atoms with E-state index in [0.717, 1.165) is 27.1 Å². The van der Waals surface area contributed by atoms with Crippen molar-refractivity contribution in [3.63, 3.8) is 0 Å². The molecule has 118 valence electrons. The number of aromatic nitrogens is 2. The van der Waals surface area contributed by atoms with E-state index in [2.05, 4.69) is 9.97 Å². The SMILES string of the molecule is Cc1[nH]c2c(CN(C(=O)O)c3ccc(F)cc3)nccc2c1C. The third-order valence-corrected chi connectivity index (χ3v) is 3.99. The Morgan fingerprint density at radius 3 is 2.61 bits per heavy atom. The minimum atomic E-state index is -1.12. The molecule has 3 rings (SSSR count). The van der Waals surface area contributed by atoms with Crippen molar-refractivity contribution in [2.75, 3.05) is 4.90 Å². The van der Waals surface area contributed by atoms with Crippen LogP contribution in [0.2, 0.25) is 0 Å². The Balaban J connectivity index is 2.03. The number of aromatic amines is 1. The van der Waals surface area contributed by atoms with E-state index < -0.39 is 11.9 Å². The zero-order valence-corrected chi connectivity index (χ0v) is 12.8. The van der Waals surface area contributed by atoms with Crippen LogP contribution in [0.3, 0.4) is 0 Å². The number of hydrogen-bond acceptors (Lipinski definition) is 2. The quantitative estimate of drug-likeness (QED) is 0.768. The fourth-order valence-electron chi connectivity index (χ4n) is 2.60. The second-order valence-corrected chi connectivity index (χ2v) is 5.40. The van der Waals surface area contributed by atoms with Crippen molar-refractivity contribution in [3.8, 4) is 0 Å². The normalized spacial score (nSPS) is 10.9. The lowest BCUT2D eigenvalue weighted by atomic mass is 10.1. The molecule has 1 aromatic carbocycles. The van der Waals surface area contributed by atoms with Gasteiger partial charge in [0.25, 0.3) is 0 Å². The summed E-state index contributed by atoms with van der Waals surface area (Å²) in [5.74, 6) is -0.407. The van der Waals surface area contributed by atoms with Gasteiger partial charge in [-0.3, -0.25) is 9.88 Å². The van der Waals surface area contributed by atoms with Crippen molar-refractivity contribution < 1.29 is 14.3 Å². The lowest BCUT2D eigenvalue weighted by Crippen LogP contribution is -2.29. The number of aryl methyl sites for hydroxylation is 2. The van der Waals surface area contributed by atoms with Gasteiger partial charge in [0.1, 0.15) is 5.82 Å². The molecule has 23 heavy (non-hydrogen) atoms. The van der Waals surface area contributed by atoms with Crippen molar-refractivity contribution in [2.45, 2.75) is 20.4 Å². The third-order valence-electron chi connectivity index (χ3n) is 3.99. The van der Waals surface area contributed by atoms with E-state index in [9.17, 15) is 14.3 Å². The van der Waals surface area contributed by atoms with Crippen molar-refractivity contribution in [2.24, 2.45) is 0 Å². The molecule has 0 saturated heterocycles. The minimum Gasteiger partial charge on any atom is -0.465 e. The number of hydrogen-bond donors (Lipinski definition) is 2. The molecule has 0 unspecified atom stereocenters. The van der Waals surface area contributed by atoms with Crippen LogP contribution in [0.4, 0.5) is 14.9 Å². The zero-order chi connectivity index (χ0) is 16.6. The number of carbonyl (C=O) groups is 1. The van der Waals surface area contributed by atoms with Crippen LogP contribution in [0.5, 0.6) is 0 Å². The van der Waals surface area contributed by atoms with Gasteiger partial charge in [-0.15, -0.1) is 0 Å². The summed E-state index contributed by atoms with van der Waals surface area (Å²) < 4.78 is 13.1. The number of H-pyrrole nitrogens is 1. The molecular formula is C17H16FN3O2. The highest BCUT2D eigenvalue weighted by atomic mass is 19.1. The fraction of sp³-hybridized carbons (Fsp3) is 0.176. The molecule has 6 heteroatoms. The Morgan fingerprint density at radius 1 is 1.26 bits per heavy atom. The Bertz CT molecular complexity index is 871. The minimum absolute atomic E-state index is 0.0811. The van der Waals surface area contributed by atoms with Gasteiger partial charge in [-0.1, -0.05) is 0 Å². The largest absolute Gasteiger partial charge is 0.465 e. The average Bonchev–Trinajstić information content (AvgIpc) is 2.82. The second kappa shape index (κ2) is 5.72. The molecule has 0 aliphatic rings. The molecular weight excluding hydrogens is 297 g/mol. The number of anilines is 1. The highest BCUT2D eigenvalue weighted by molar-refractivity contribution is 5.89. The Morgan fingerprint density at radius 2 is 1.96 bits per heavy atom. The van der Waals surface area contributed by atoms with Gasteiger partial charge in [-0.2, -0.15) is 0 Å². The summed E-state index contributed by atoms with van der Waals surface area (Å²) in [7, 11) is 0. The first kappa shape index (κ1) is 15.0. The maximum atomic E-state index is 13.1. The van der Waals surface area contributed by atoms with Crippen LogP contribution in [0, 0.1) is 19.7 Å². The number of fused-ring (bicyclic) bond motifs is 1. The molecule has 0 aliphatic heterocycles. The van der Waals surface area contributed by atoms with Crippen LogP contribution < -0.4 is 4.90 Å². The topological polar surface area (TPSA) is 69.2 Å². The molecule has 5 nitrogen and oxygen atoms in total. The molecule has 2 aromatic heterocycles. The molecule has 0 radical (unpaired) electrons. The predicted octanol–water partition coefficient (Wildman–Crippen LogP) is 4.00. The average molecular weight is 313 g/mol. The van der Waals surface area contributed by atoms with Crippen LogP contribution in [0.25, 0.3) is 10.9 Å². The second-order valence-electron chi connectivity index (χ2n) is 5.40. The molecule has 2 heterocycles. The van der Waals surface area contributed by atoms with Gasteiger partial charge in [-0.25, -0.2) is 9.18 Å². The fourth-order valence-corrected chi connectivity index (χ4v) is 2.60. The van der Waals surface area contributed by atoms with Crippen molar-refractivity contribution >= 4 is 22.7 Å². The summed E-state index contributed by atoms with van der Waals surface area (Å²) in [6.45, 7) is 4.05. The lowest BCUT2D eigenvalue weighted by molar-refractivity contribution is 0.201. The highest BCUT2D eigenvalue weighted by Crippen LogP contribution is 2.25. The summed E-state index contributed by atoms with van der Waals surface area (Å²) in [4.78, 5) is 20.3. The molecule has 0 saturated carbocycles. The number of rotatable bonds is 3. The maximum absolute atomic E-state index is 13.1. The van der Waals surface area contributed by atoms with Crippen LogP contribution in [0.1, 0.15) is 17.0 Å². The summed E-state index contributed by atoms with van der Waals surface area (Å²) in [6, 6.07) is 7.26. The van der Waals surface area contributed by atoms with Gasteiger partial charge in [0.2, 0.25) is 0 Å². The monoisotopic (exact) mass is 313 g/mol. The first-order valence-corrected chi connectivity index (χ1v) is 7.16. The van der Waals surface area contributed by atoms with E-state index >= 15 is 0 Å². The van der Waals surface area contributed by atoms with Crippen LogP contribution in [0.15, 0.2) is 36.5 Å². The smallest absolute Gasteiger partial charge is 0.412 e. The summed E-state index contributed by atoms with van der Waals surface area (Å²) in [5.41, 5.74) is 4.00. The number of halogens is 1. The molecule has 0 fully saturated rings. The number of pyridine rings is 1. The van der Waals surface area contributed by atoms with E-state index in [1.54, 1.807) is 6.20 Å². The Hall–Kier alpha value is -2.89. The van der Waals surface area contributed by atoms with Gasteiger partial charge in [0.05, 0.1) is 17.8 Å². The first-order valence-electron chi connectivity index (χ1n) is 7.16. The summed E-state index contributed by atoms with van der Waals surface area (Å²) >= 11 is 0. The first-order chi connectivity index (χ1) is 11.0. The molecule has 0 atom stereocenters. The maximum Gasteiger partial charge on any atom is 0.412 e. The number of amides is 1. The van der Waals surface area contributed by atoms with Crippen LogP contribution in [-0.2, 0) is 6.54 Å². The summed E-state index contributed by atoms with van der Waals surface area (Å²) in [6.07, 6.45) is 0.554.